The number of para-hydroxylation sites is 2. The van der Waals surface area contributed by atoms with Crippen molar-refractivity contribution in [1.29, 1.82) is 0 Å². The molecule has 0 bridgehead atoms. The van der Waals surface area contributed by atoms with Crippen LogP contribution in [0.25, 0.3) is 99.5 Å². The molecule has 0 radical (unpaired) electrons. The van der Waals surface area contributed by atoms with Crippen molar-refractivity contribution in [2.75, 3.05) is 4.90 Å². The first kappa shape index (κ1) is 50.6. The van der Waals surface area contributed by atoms with E-state index in [4.69, 9.17) is 4.74 Å². The zero-order valence-electron chi connectivity index (χ0n) is 48.4. The van der Waals surface area contributed by atoms with Gasteiger partial charge in [0.05, 0.1) is 27.8 Å². The highest BCUT2D eigenvalue weighted by atomic mass is 16.5. The molecule has 0 atom stereocenters. The van der Waals surface area contributed by atoms with Crippen molar-refractivity contribution in [3.63, 3.8) is 0 Å². The van der Waals surface area contributed by atoms with E-state index in [9.17, 15) is 0 Å². The van der Waals surface area contributed by atoms with Crippen molar-refractivity contribution < 1.29 is 4.74 Å². The van der Waals surface area contributed by atoms with Crippen molar-refractivity contribution in [3.05, 3.63) is 278 Å². The zero-order chi connectivity index (χ0) is 56.9. The molecular formula is C80H62BN3O. The van der Waals surface area contributed by atoms with Crippen LogP contribution in [0.4, 0.5) is 17.1 Å². The van der Waals surface area contributed by atoms with Gasteiger partial charge < -0.3 is 18.8 Å². The Morgan fingerprint density at radius 1 is 0.388 bits per heavy atom. The number of anilines is 3. The SMILES string of the molecule is CCCCc1cc(-c2ccccc2)cc(-c2ccccc2)c1N1c2cc(-n3c4ccccc4c4cc(-c5ccccc5)ccc43)ccc2B2c3ccc(-n4c5ccccc5c5cc(-c6ccccc6)ccc54)cc3Oc3cc(C(C)(C)C)cc1c32. The number of aromatic nitrogens is 2. The van der Waals surface area contributed by atoms with E-state index in [1.807, 2.05) is 0 Å². The fourth-order valence-electron chi connectivity index (χ4n) is 13.9. The molecule has 14 aromatic rings. The average Bonchev–Trinajstić information content (AvgIpc) is 2.90. The Labute approximate surface area is 497 Å². The summed E-state index contributed by atoms with van der Waals surface area (Å²) < 4.78 is 12.5. The highest BCUT2D eigenvalue weighted by Crippen LogP contribution is 2.50. The summed E-state index contributed by atoms with van der Waals surface area (Å²) in [7, 11) is 0. The predicted octanol–water partition coefficient (Wildman–Crippen LogP) is 19.6. The number of hydrogen-bond acceptors (Lipinski definition) is 2. The summed E-state index contributed by atoms with van der Waals surface area (Å²) in [5, 5.41) is 4.91. The minimum atomic E-state index is -0.214. The fourth-order valence-corrected chi connectivity index (χ4v) is 13.9. The van der Waals surface area contributed by atoms with Gasteiger partial charge in [0.1, 0.15) is 11.5 Å². The molecule has 4 nitrogen and oxygen atoms in total. The van der Waals surface area contributed by atoms with E-state index in [0.29, 0.717) is 0 Å². The van der Waals surface area contributed by atoms with Gasteiger partial charge in [-0.25, -0.2) is 0 Å². The number of nitrogens with zero attached hydrogens (tertiary/aromatic N) is 3. The van der Waals surface area contributed by atoms with Gasteiger partial charge in [-0.15, -0.1) is 0 Å². The quantitative estimate of drug-likeness (QED) is 0.127. The first-order valence-corrected chi connectivity index (χ1v) is 30.2. The maximum absolute atomic E-state index is 7.56. The summed E-state index contributed by atoms with van der Waals surface area (Å²) in [5.41, 5.74) is 25.9. The number of aryl methyl sites for hydroxylation is 1. The number of rotatable bonds is 10. The molecule has 0 aliphatic carbocycles. The van der Waals surface area contributed by atoms with Gasteiger partial charge in [0.2, 0.25) is 0 Å². The minimum absolute atomic E-state index is 0.141. The van der Waals surface area contributed by atoms with E-state index in [0.717, 1.165) is 70.0 Å². The van der Waals surface area contributed by atoms with Crippen LogP contribution in [0.3, 0.4) is 0 Å². The lowest BCUT2D eigenvalue weighted by Gasteiger charge is -2.42. The molecule has 4 heterocycles. The Bertz CT molecular complexity index is 4940. The highest BCUT2D eigenvalue weighted by Gasteiger charge is 2.44. The molecule has 16 rings (SSSR count). The van der Waals surface area contributed by atoms with E-state index in [2.05, 4.69) is 309 Å². The average molecular weight is 1090 g/mol. The second-order valence-electron chi connectivity index (χ2n) is 24.3. The lowest BCUT2D eigenvalue weighted by Crippen LogP contribution is -2.59. The summed E-state index contributed by atoms with van der Waals surface area (Å²) in [4.78, 5) is 2.66. The molecule has 0 fully saturated rings. The summed E-state index contributed by atoms with van der Waals surface area (Å²) in [5.74, 6) is 1.78. The number of ether oxygens (including phenoxy) is 1. The van der Waals surface area contributed by atoms with Gasteiger partial charge in [0, 0.05) is 55.9 Å². The normalized spacial score (nSPS) is 12.7. The van der Waals surface area contributed by atoms with Crippen LogP contribution in [0.2, 0.25) is 0 Å². The Kier molecular flexibility index (Phi) is 12.0. The van der Waals surface area contributed by atoms with Crippen LogP contribution < -0.4 is 26.0 Å². The fraction of sp³-hybridized carbons (Fsp3) is 0.100. The Balaban J connectivity index is 0.967. The predicted molar refractivity (Wildman–Crippen MR) is 360 cm³/mol. The van der Waals surface area contributed by atoms with E-state index in [-0.39, 0.29) is 12.1 Å². The third-order valence-electron chi connectivity index (χ3n) is 18.1. The molecule has 85 heavy (non-hydrogen) atoms. The number of hydrogen-bond donors (Lipinski definition) is 0. The lowest BCUT2D eigenvalue weighted by molar-refractivity contribution is 0.483. The van der Waals surface area contributed by atoms with E-state index in [1.165, 1.54) is 105 Å². The summed E-state index contributed by atoms with van der Waals surface area (Å²) in [6.07, 6.45) is 3.04. The maximum Gasteiger partial charge on any atom is 0.256 e. The van der Waals surface area contributed by atoms with Gasteiger partial charge in [-0.2, -0.15) is 0 Å². The molecule has 0 saturated carbocycles. The van der Waals surface area contributed by atoms with Crippen LogP contribution in [-0.2, 0) is 11.8 Å². The summed E-state index contributed by atoms with van der Waals surface area (Å²) in [6, 6.07) is 99.3. The zero-order valence-corrected chi connectivity index (χ0v) is 48.4. The van der Waals surface area contributed by atoms with E-state index in [1.54, 1.807) is 0 Å². The topological polar surface area (TPSA) is 22.3 Å². The van der Waals surface area contributed by atoms with Gasteiger partial charge >= 0.3 is 0 Å². The molecule has 2 aromatic heterocycles. The molecule has 0 amide bonds. The van der Waals surface area contributed by atoms with Gasteiger partial charge in [-0.3, -0.25) is 0 Å². The highest BCUT2D eigenvalue weighted by molar-refractivity contribution is 6.99. The second kappa shape index (κ2) is 20.1. The molecule has 406 valence electrons. The van der Waals surface area contributed by atoms with Gasteiger partial charge in [0.15, 0.2) is 0 Å². The molecule has 0 N–H and O–H groups in total. The van der Waals surface area contributed by atoms with Gasteiger partial charge in [0.25, 0.3) is 6.71 Å². The maximum atomic E-state index is 7.56. The molecule has 2 aliphatic rings. The molecule has 5 heteroatoms. The van der Waals surface area contributed by atoms with Crippen molar-refractivity contribution in [3.8, 4) is 67.4 Å². The van der Waals surface area contributed by atoms with Gasteiger partial charge in [-0.1, -0.05) is 216 Å². The second-order valence-corrected chi connectivity index (χ2v) is 24.3. The van der Waals surface area contributed by atoms with Crippen LogP contribution >= 0.6 is 0 Å². The van der Waals surface area contributed by atoms with Crippen molar-refractivity contribution in [2.24, 2.45) is 0 Å². The van der Waals surface area contributed by atoms with E-state index >= 15 is 0 Å². The van der Waals surface area contributed by atoms with E-state index < -0.39 is 0 Å². The molecular weight excluding hydrogens is 1030 g/mol. The first-order chi connectivity index (χ1) is 41.8. The van der Waals surface area contributed by atoms with Crippen molar-refractivity contribution in [2.45, 2.75) is 52.4 Å². The van der Waals surface area contributed by atoms with Crippen LogP contribution in [0.1, 0.15) is 51.7 Å². The Hall–Kier alpha value is -10.1. The molecule has 2 aliphatic heterocycles. The summed E-state index contributed by atoms with van der Waals surface area (Å²) in [6.45, 7) is 9.17. The molecule has 0 unspecified atom stereocenters. The number of benzene rings is 12. The third-order valence-corrected chi connectivity index (χ3v) is 18.1. The minimum Gasteiger partial charge on any atom is -0.458 e. The van der Waals surface area contributed by atoms with Crippen LogP contribution in [0.5, 0.6) is 11.5 Å². The van der Waals surface area contributed by atoms with Gasteiger partial charge in [-0.05, 0) is 164 Å². The van der Waals surface area contributed by atoms with Crippen LogP contribution in [-0.4, -0.2) is 15.8 Å². The monoisotopic (exact) mass is 1090 g/mol. The summed E-state index contributed by atoms with van der Waals surface area (Å²) >= 11 is 0. The third kappa shape index (κ3) is 8.35. The molecule has 0 saturated heterocycles. The number of unbranched alkanes of at least 4 members (excludes halogenated alkanes) is 1. The Morgan fingerprint density at radius 3 is 1.46 bits per heavy atom. The Morgan fingerprint density at radius 2 is 0.894 bits per heavy atom. The standard InChI is InChI=1S/C80H62BN3O/c1-5-6-23-58-44-59(54-28-15-9-16-29-54)47-65(55-30-17-10-18-31-55)79(58)84-74-50-61(82-70-34-21-19-32-63(70)66-45-56(36-42-72(66)82)52-24-11-7-12-25-52)38-40-68(74)81-69-41-39-62(51-76(69)85-77-49-60(80(2,3)4)48-75(84)78(77)81)83-71-35-22-20-33-64(71)67-46-57(37-43-73(67)83)53-26-13-8-14-27-53/h7-22,24-51H,5-6,23H2,1-4H3. The van der Waals surface area contributed by atoms with Crippen molar-refractivity contribution in [1.82, 2.24) is 9.13 Å². The molecule has 12 aromatic carbocycles. The van der Waals surface area contributed by atoms with Crippen LogP contribution in [0.15, 0.2) is 267 Å². The van der Waals surface area contributed by atoms with Crippen LogP contribution in [0, 0.1) is 0 Å². The lowest BCUT2D eigenvalue weighted by atomic mass is 9.34. The number of fused-ring (bicyclic) bond motifs is 10. The first-order valence-electron chi connectivity index (χ1n) is 30.2. The largest absolute Gasteiger partial charge is 0.458 e. The smallest absolute Gasteiger partial charge is 0.256 e. The van der Waals surface area contributed by atoms with Crippen molar-refractivity contribution >= 4 is 83.8 Å². The molecule has 0 spiro atoms.